The van der Waals surface area contributed by atoms with Gasteiger partial charge in [0.1, 0.15) is 6.10 Å². The second-order valence-corrected chi connectivity index (χ2v) is 2.80. The maximum absolute atomic E-state index is 9.43. The smallest absolute Gasteiger partial charge is 0.117 e. The van der Waals surface area contributed by atoms with Gasteiger partial charge >= 0.3 is 0 Å². The minimum atomic E-state index is -0.647. The van der Waals surface area contributed by atoms with Crippen LogP contribution < -0.4 is 0 Å². The minimum Gasteiger partial charge on any atom is -0.382 e. The Morgan fingerprint density at radius 2 is 2.09 bits per heavy atom. The zero-order valence-electron chi connectivity index (χ0n) is 6.04. The molecule has 1 aliphatic rings. The number of benzene rings is 1. The molecule has 1 aromatic rings. The van der Waals surface area contributed by atoms with Crippen molar-refractivity contribution >= 4 is 5.71 Å². The Balaban J connectivity index is 2.55. The molecule has 2 nitrogen and oxygen atoms in total. The summed E-state index contributed by atoms with van der Waals surface area (Å²) in [5.41, 5.74) is 2.40. The number of nitrogens with one attached hydrogen (secondary N) is 1. The summed E-state index contributed by atoms with van der Waals surface area (Å²) in [6.45, 7) is 0. The fourth-order valence-corrected chi connectivity index (χ4v) is 1.45. The molecule has 2 N–H and O–H groups in total. The lowest BCUT2D eigenvalue weighted by molar-refractivity contribution is 0.250. The van der Waals surface area contributed by atoms with Crippen molar-refractivity contribution < 1.29 is 5.11 Å². The molecule has 56 valence electrons. The summed E-state index contributed by atoms with van der Waals surface area (Å²) >= 11 is 0. The van der Waals surface area contributed by atoms with Gasteiger partial charge in [0.15, 0.2) is 0 Å². The number of aliphatic hydroxyl groups is 1. The van der Waals surface area contributed by atoms with Gasteiger partial charge in [0.2, 0.25) is 0 Å². The molecule has 0 heterocycles. The average Bonchev–Trinajstić information content (AvgIpc) is 2.30. The highest BCUT2D eigenvalue weighted by molar-refractivity contribution is 5.93. The molecule has 1 atom stereocenters. The zero-order valence-corrected chi connectivity index (χ0v) is 6.04. The Labute approximate surface area is 65.0 Å². The van der Waals surface area contributed by atoms with E-state index in [9.17, 15) is 5.11 Å². The third-order valence-corrected chi connectivity index (χ3v) is 2.06. The summed E-state index contributed by atoms with van der Waals surface area (Å²) in [7, 11) is 0. The molecule has 0 radical (unpaired) electrons. The van der Waals surface area contributed by atoms with Crippen molar-refractivity contribution in [2.75, 3.05) is 0 Å². The van der Waals surface area contributed by atoms with Crippen molar-refractivity contribution in [1.29, 1.82) is 5.41 Å². The highest BCUT2D eigenvalue weighted by Gasteiger charge is 2.24. The molecule has 0 bridgehead atoms. The predicted octanol–water partition coefficient (Wildman–Crippen LogP) is 1.30. The molecule has 11 heavy (non-hydrogen) atoms. The lowest BCUT2D eigenvalue weighted by Crippen LogP contribution is -2.02. The Kier molecular flexibility index (Phi) is 1.29. The van der Waals surface area contributed by atoms with E-state index < -0.39 is 6.10 Å². The van der Waals surface area contributed by atoms with Crippen LogP contribution in [0.25, 0.3) is 0 Å². The molecule has 0 spiro atoms. The van der Waals surface area contributed by atoms with Gasteiger partial charge in [0.25, 0.3) is 0 Å². The molecule has 1 unspecified atom stereocenters. The van der Waals surface area contributed by atoms with Gasteiger partial charge in [-0.25, -0.2) is 0 Å². The lowest BCUT2D eigenvalue weighted by atomic mass is 10.1. The van der Waals surface area contributed by atoms with Gasteiger partial charge in [0.05, 0.1) is 0 Å². The van der Waals surface area contributed by atoms with Crippen LogP contribution in [0, 0.1) is 5.41 Å². The Morgan fingerprint density at radius 1 is 1.36 bits per heavy atom. The van der Waals surface area contributed by atoms with Crippen LogP contribution in [0.5, 0.6) is 0 Å². The first-order valence-corrected chi connectivity index (χ1v) is 3.62. The van der Waals surface area contributed by atoms with Crippen molar-refractivity contribution in [3.63, 3.8) is 0 Å². The van der Waals surface area contributed by atoms with E-state index in [-0.39, 0.29) is 0 Å². The van der Waals surface area contributed by atoms with Crippen molar-refractivity contribution in [2.24, 2.45) is 0 Å². The first-order chi connectivity index (χ1) is 5.29. The number of rotatable bonds is 0. The quantitative estimate of drug-likeness (QED) is 0.570. The maximum Gasteiger partial charge on any atom is 0.117 e. The van der Waals surface area contributed by atoms with E-state index in [1.165, 1.54) is 0 Å². The molecule has 0 saturated heterocycles. The SMILES string of the molecule is N=C1Cc2ccccc2C1O. The highest BCUT2D eigenvalue weighted by Crippen LogP contribution is 2.27. The molecule has 0 amide bonds. The maximum atomic E-state index is 9.43. The first kappa shape index (κ1) is 6.55. The van der Waals surface area contributed by atoms with E-state index in [0.717, 1.165) is 11.1 Å². The molecule has 0 saturated carbocycles. The summed E-state index contributed by atoms with van der Waals surface area (Å²) in [5.74, 6) is 0. The number of fused-ring (bicyclic) bond motifs is 1. The van der Waals surface area contributed by atoms with E-state index in [1.54, 1.807) is 0 Å². The van der Waals surface area contributed by atoms with E-state index in [1.807, 2.05) is 24.3 Å². The number of hydrogen-bond acceptors (Lipinski definition) is 2. The summed E-state index contributed by atoms with van der Waals surface area (Å²) in [5, 5.41) is 16.8. The molecule has 1 aromatic carbocycles. The Bertz CT molecular complexity index is 306. The summed E-state index contributed by atoms with van der Waals surface area (Å²) in [6, 6.07) is 7.66. The van der Waals surface area contributed by atoms with E-state index >= 15 is 0 Å². The summed E-state index contributed by atoms with van der Waals surface area (Å²) in [6.07, 6.45) is -0.0386. The van der Waals surface area contributed by atoms with Crippen LogP contribution in [0.1, 0.15) is 17.2 Å². The molecular formula is C9H9NO. The van der Waals surface area contributed by atoms with Crippen LogP contribution in [-0.4, -0.2) is 10.8 Å². The van der Waals surface area contributed by atoms with Crippen molar-refractivity contribution in [3.8, 4) is 0 Å². The topological polar surface area (TPSA) is 44.1 Å². The molecule has 0 aliphatic heterocycles. The first-order valence-electron chi connectivity index (χ1n) is 3.62. The fourth-order valence-electron chi connectivity index (χ4n) is 1.45. The summed E-state index contributed by atoms with van der Waals surface area (Å²) in [4.78, 5) is 0. The van der Waals surface area contributed by atoms with Crippen molar-refractivity contribution in [2.45, 2.75) is 12.5 Å². The van der Waals surface area contributed by atoms with Gasteiger partial charge in [-0.1, -0.05) is 24.3 Å². The highest BCUT2D eigenvalue weighted by atomic mass is 16.3. The second-order valence-electron chi connectivity index (χ2n) is 2.80. The predicted molar refractivity (Wildman–Crippen MR) is 42.8 cm³/mol. The van der Waals surface area contributed by atoms with Gasteiger partial charge in [-0.2, -0.15) is 0 Å². The zero-order chi connectivity index (χ0) is 7.84. The van der Waals surface area contributed by atoms with Crippen LogP contribution in [0.4, 0.5) is 0 Å². The third-order valence-electron chi connectivity index (χ3n) is 2.06. The van der Waals surface area contributed by atoms with Gasteiger partial charge in [-0.05, 0) is 11.1 Å². The standard InChI is InChI=1S/C9H9NO/c10-8-5-6-3-1-2-4-7(6)9(8)11/h1-4,9-11H,5H2. The Morgan fingerprint density at radius 3 is 2.82 bits per heavy atom. The number of aliphatic hydroxyl groups excluding tert-OH is 1. The summed E-state index contributed by atoms with van der Waals surface area (Å²) < 4.78 is 0. The van der Waals surface area contributed by atoms with Crippen LogP contribution >= 0.6 is 0 Å². The van der Waals surface area contributed by atoms with E-state index in [0.29, 0.717) is 12.1 Å². The molecule has 1 aliphatic carbocycles. The van der Waals surface area contributed by atoms with Gasteiger partial charge in [-0.15, -0.1) is 0 Å². The molecule has 2 rings (SSSR count). The van der Waals surface area contributed by atoms with Crippen LogP contribution in [0.2, 0.25) is 0 Å². The molecule has 2 heteroatoms. The minimum absolute atomic E-state index is 0.409. The van der Waals surface area contributed by atoms with Crippen LogP contribution in [-0.2, 0) is 6.42 Å². The third kappa shape index (κ3) is 0.870. The van der Waals surface area contributed by atoms with Crippen LogP contribution in [0.15, 0.2) is 24.3 Å². The van der Waals surface area contributed by atoms with Crippen LogP contribution in [0.3, 0.4) is 0 Å². The lowest BCUT2D eigenvalue weighted by Gasteiger charge is -2.01. The molecule has 0 aromatic heterocycles. The van der Waals surface area contributed by atoms with Crippen molar-refractivity contribution in [1.82, 2.24) is 0 Å². The normalized spacial score (nSPS) is 21.9. The van der Waals surface area contributed by atoms with Gasteiger partial charge in [0, 0.05) is 12.1 Å². The Hall–Kier alpha value is -1.15. The average molecular weight is 147 g/mol. The van der Waals surface area contributed by atoms with E-state index in [2.05, 4.69) is 0 Å². The van der Waals surface area contributed by atoms with Gasteiger partial charge < -0.3 is 10.5 Å². The molecular weight excluding hydrogens is 138 g/mol. The molecule has 0 fully saturated rings. The van der Waals surface area contributed by atoms with E-state index in [4.69, 9.17) is 5.41 Å². The number of hydrogen-bond donors (Lipinski definition) is 2. The van der Waals surface area contributed by atoms with Crippen molar-refractivity contribution in [3.05, 3.63) is 35.4 Å². The second kappa shape index (κ2) is 2.17. The largest absolute Gasteiger partial charge is 0.382 e. The fraction of sp³-hybridized carbons (Fsp3) is 0.222. The monoisotopic (exact) mass is 147 g/mol. The van der Waals surface area contributed by atoms with Gasteiger partial charge in [-0.3, -0.25) is 0 Å².